The lowest BCUT2D eigenvalue weighted by Crippen LogP contribution is -2.50. The van der Waals surface area contributed by atoms with Crippen molar-refractivity contribution < 1.29 is 26.7 Å². The van der Waals surface area contributed by atoms with Crippen molar-refractivity contribution in [2.45, 2.75) is 25.1 Å². The minimum absolute atomic E-state index is 0.146. The summed E-state index contributed by atoms with van der Waals surface area (Å²) in [5.74, 6) is 0.455. The van der Waals surface area contributed by atoms with Gasteiger partial charge in [0, 0.05) is 18.5 Å². The predicted molar refractivity (Wildman–Crippen MR) is 83.3 cm³/mol. The van der Waals surface area contributed by atoms with E-state index in [9.17, 15) is 26.7 Å². The summed E-state index contributed by atoms with van der Waals surface area (Å²) in [5.41, 5.74) is -0.198. The maximum Gasteiger partial charge on any atom is 0.416 e. The van der Waals surface area contributed by atoms with Crippen LogP contribution in [0.1, 0.15) is 17.5 Å². The first kappa shape index (κ1) is 17.7. The summed E-state index contributed by atoms with van der Waals surface area (Å²) >= 11 is 0. The number of alkyl halides is 3. The van der Waals surface area contributed by atoms with Gasteiger partial charge in [0.25, 0.3) is 0 Å². The molecule has 0 saturated carbocycles. The highest BCUT2D eigenvalue weighted by molar-refractivity contribution is 7.92. The number of sulfone groups is 1. The molecule has 0 aliphatic carbocycles. The standard InChI is InChI=1S/C16H20F3NO3S/c17-16(18,19)13-3-1-12(2-4-13)7-14(21)8-20-6-5-15(9-20)10-24(22,23)11-15/h1-4,14,21H,5-11H2/t14-/m0/s1. The maximum absolute atomic E-state index is 12.5. The molecule has 0 bridgehead atoms. The third-order valence-electron chi connectivity index (χ3n) is 4.79. The smallest absolute Gasteiger partial charge is 0.391 e. The van der Waals surface area contributed by atoms with Crippen molar-refractivity contribution in [2.24, 2.45) is 5.41 Å². The molecule has 24 heavy (non-hydrogen) atoms. The average molecular weight is 363 g/mol. The minimum atomic E-state index is -4.36. The van der Waals surface area contributed by atoms with Gasteiger partial charge >= 0.3 is 6.18 Å². The van der Waals surface area contributed by atoms with E-state index >= 15 is 0 Å². The zero-order valence-corrected chi connectivity index (χ0v) is 13.9. The van der Waals surface area contributed by atoms with Gasteiger partial charge in [0.15, 0.2) is 9.84 Å². The fourth-order valence-corrected chi connectivity index (χ4v) is 6.03. The Labute approximate surface area is 139 Å². The molecule has 0 unspecified atom stereocenters. The van der Waals surface area contributed by atoms with Gasteiger partial charge in [-0.05, 0) is 37.1 Å². The lowest BCUT2D eigenvalue weighted by Gasteiger charge is -2.37. The van der Waals surface area contributed by atoms with Crippen molar-refractivity contribution >= 4 is 9.84 Å². The molecule has 134 valence electrons. The second-order valence-electron chi connectivity index (χ2n) is 7.07. The van der Waals surface area contributed by atoms with Crippen molar-refractivity contribution in [1.29, 1.82) is 0 Å². The Hall–Kier alpha value is -1.12. The Bertz CT molecular complexity index is 688. The predicted octanol–water partition coefficient (Wildman–Crippen LogP) is 1.73. The highest BCUT2D eigenvalue weighted by Gasteiger charge is 2.51. The lowest BCUT2D eigenvalue weighted by molar-refractivity contribution is -0.137. The summed E-state index contributed by atoms with van der Waals surface area (Å²) in [4.78, 5) is 2.05. The number of rotatable bonds is 4. The number of hydrogen-bond acceptors (Lipinski definition) is 4. The summed E-state index contributed by atoms with van der Waals surface area (Å²) < 4.78 is 60.3. The first-order valence-electron chi connectivity index (χ1n) is 7.84. The molecule has 3 rings (SSSR count). The molecule has 2 heterocycles. The second-order valence-corrected chi connectivity index (χ2v) is 9.13. The number of aliphatic hydroxyl groups excluding tert-OH is 1. The lowest BCUT2D eigenvalue weighted by atomic mass is 9.91. The average Bonchev–Trinajstić information content (AvgIpc) is 2.79. The summed E-state index contributed by atoms with van der Waals surface area (Å²) in [6.07, 6.45) is -3.95. The number of β-amino-alcohol motifs (C(OH)–C–C–N with tert-alkyl or cyclic N) is 1. The van der Waals surface area contributed by atoms with E-state index in [-0.39, 0.29) is 23.3 Å². The number of hydrogen-bond donors (Lipinski definition) is 1. The number of benzene rings is 1. The molecule has 2 fully saturated rings. The molecule has 2 aliphatic rings. The van der Waals surface area contributed by atoms with Gasteiger partial charge in [0.2, 0.25) is 0 Å². The molecule has 1 aromatic rings. The summed E-state index contributed by atoms with van der Waals surface area (Å²) in [6, 6.07) is 4.81. The molecular weight excluding hydrogens is 343 g/mol. The van der Waals surface area contributed by atoms with Gasteiger partial charge in [0.05, 0.1) is 23.2 Å². The number of nitrogens with zero attached hydrogens (tertiary/aromatic N) is 1. The first-order valence-corrected chi connectivity index (χ1v) is 9.66. The topological polar surface area (TPSA) is 57.6 Å². The van der Waals surface area contributed by atoms with Crippen LogP contribution >= 0.6 is 0 Å². The number of aliphatic hydroxyl groups is 1. The zero-order chi connectivity index (χ0) is 17.6. The van der Waals surface area contributed by atoms with Crippen molar-refractivity contribution in [3.63, 3.8) is 0 Å². The molecule has 1 aromatic carbocycles. The van der Waals surface area contributed by atoms with Crippen LogP contribution in [0, 0.1) is 5.41 Å². The molecule has 4 nitrogen and oxygen atoms in total. The molecule has 1 N–H and O–H groups in total. The van der Waals surface area contributed by atoms with Crippen molar-refractivity contribution in [1.82, 2.24) is 4.90 Å². The number of likely N-dealkylation sites (tertiary alicyclic amines) is 1. The molecule has 1 atom stereocenters. The van der Waals surface area contributed by atoms with E-state index in [0.717, 1.165) is 25.1 Å². The van der Waals surface area contributed by atoms with Crippen LogP contribution in [0.2, 0.25) is 0 Å². The van der Waals surface area contributed by atoms with E-state index in [0.29, 0.717) is 18.7 Å². The van der Waals surface area contributed by atoms with Gasteiger partial charge in [-0.3, -0.25) is 0 Å². The molecule has 0 amide bonds. The highest BCUT2D eigenvalue weighted by Crippen LogP contribution is 2.41. The molecule has 2 saturated heterocycles. The van der Waals surface area contributed by atoms with Crippen LogP contribution in [0.25, 0.3) is 0 Å². The Balaban J connectivity index is 1.50. The number of halogens is 3. The summed E-state index contributed by atoms with van der Waals surface area (Å²) in [5, 5.41) is 10.2. The van der Waals surface area contributed by atoms with Gasteiger partial charge in [-0.15, -0.1) is 0 Å². The van der Waals surface area contributed by atoms with E-state index in [1.807, 2.05) is 4.90 Å². The second kappa shape index (κ2) is 6.00. The monoisotopic (exact) mass is 363 g/mol. The van der Waals surface area contributed by atoms with Crippen LogP contribution in [0.5, 0.6) is 0 Å². The third-order valence-corrected chi connectivity index (χ3v) is 6.90. The van der Waals surface area contributed by atoms with Crippen LogP contribution < -0.4 is 0 Å². The Morgan fingerprint density at radius 3 is 2.38 bits per heavy atom. The normalized spacial score (nSPS) is 24.0. The van der Waals surface area contributed by atoms with Crippen LogP contribution in [0.3, 0.4) is 0 Å². The van der Waals surface area contributed by atoms with E-state index in [1.165, 1.54) is 12.1 Å². The SMILES string of the molecule is O=S1(=O)CC2(CCN(C[C@@H](O)Cc3ccc(C(F)(F)F)cc3)C2)C1. The fraction of sp³-hybridized carbons (Fsp3) is 0.625. The molecule has 1 spiro atoms. The Kier molecular flexibility index (Phi) is 4.42. The zero-order valence-electron chi connectivity index (χ0n) is 13.1. The molecule has 0 aromatic heterocycles. The van der Waals surface area contributed by atoms with E-state index in [4.69, 9.17) is 0 Å². The summed E-state index contributed by atoms with van der Waals surface area (Å²) in [7, 11) is -2.87. The maximum atomic E-state index is 12.5. The van der Waals surface area contributed by atoms with Crippen LogP contribution in [-0.2, 0) is 22.4 Å². The van der Waals surface area contributed by atoms with Gasteiger partial charge in [-0.2, -0.15) is 13.2 Å². The third kappa shape index (κ3) is 3.92. The van der Waals surface area contributed by atoms with E-state index in [1.54, 1.807) is 0 Å². The van der Waals surface area contributed by atoms with Gasteiger partial charge in [0.1, 0.15) is 0 Å². The first-order chi connectivity index (χ1) is 11.1. The minimum Gasteiger partial charge on any atom is -0.391 e. The Morgan fingerprint density at radius 1 is 1.21 bits per heavy atom. The van der Waals surface area contributed by atoms with Crippen LogP contribution in [0.4, 0.5) is 13.2 Å². The van der Waals surface area contributed by atoms with Crippen LogP contribution in [-0.4, -0.2) is 55.7 Å². The highest BCUT2D eigenvalue weighted by atomic mass is 32.2. The van der Waals surface area contributed by atoms with Crippen LogP contribution in [0.15, 0.2) is 24.3 Å². The van der Waals surface area contributed by atoms with E-state index in [2.05, 4.69) is 0 Å². The van der Waals surface area contributed by atoms with Crippen molar-refractivity contribution in [3.05, 3.63) is 35.4 Å². The van der Waals surface area contributed by atoms with Gasteiger partial charge in [-0.1, -0.05) is 12.1 Å². The van der Waals surface area contributed by atoms with Gasteiger partial charge < -0.3 is 10.0 Å². The Morgan fingerprint density at radius 2 is 1.83 bits per heavy atom. The molecular formula is C16H20F3NO3S. The van der Waals surface area contributed by atoms with Crippen molar-refractivity contribution in [3.8, 4) is 0 Å². The largest absolute Gasteiger partial charge is 0.416 e. The quantitative estimate of drug-likeness (QED) is 0.885. The van der Waals surface area contributed by atoms with Crippen molar-refractivity contribution in [2.75, 3.05) is 31.1 Å². The van der Waals surface area contributed by atoms with Gasteiger partial charge in [-0.25, -0.2) is 8.42 Å². The molecule has 8 heteroatoms. The fourth-order valence-electron chi connectivity index (χ4n) is 3.77. The molecule has 0 radical (unpaired) electrons. The van der Waals surface area contributed by atoms with E-state index < -0.39 is 27.7 Å². The molecule has 2 aliphatic heterocycles. The summed E-state index contributed by atoms with van der Waals surface area (Å²) in [6.45, 7) is 1.82.